The van der Waals surface area contributed by atoms with Crippen LogP contribution in [0.25, 0.3) is 0 Å². The Bertz CT molecular complexity index is 2410. The van der Waals surface area contributed by atoms with E-state index >= 15 is 0 Å². The molecule has 81 heavy (non-hydrogen) atoms. The van der Waals surface area contributed by atoms with Crippen molar-refractivity contribution in [1.82, 2.24) is 41.1 Å². The molecule has 2 aliphatic heterocycles. The Morgan fingerprint density at radius 1 is 0.716 bits per heavy atom. The molecule has 2 heterocycles. The van der Waals surface area contributed by atoms with Gasteiger partial charge >= 0.3 is 5.97 Å². The van der Waals surface area contributed by atoms with E-state index in [-0.39, 0.29) is 85.6 Å². The van der Waals surface area contributed by atoms with Gasteiger partial charge in [-0.3, -0.25) is 59.0 Å². The number of nitrogens with zero attached hydrogens (tertiary/aromatic N) is 4. The third-order valence-electron chi connectivity index (χ3n) is 15.9. The summed E-state index contributed by atoms with van der Waals surface area (Å²) in [6, 6.07) is 15.1. The van der Waals surface area contributed by atoms with E-state index in [1.54, 1.807) is 30.8 Å². The molecule has 10 atom stereocenters. The molecule has 1 fully saturated rings. The van der Waals surface area contributed by atoms with Gasteiger partial charge in [0.05, 0.1) is 42.7 Å². The summed E-state index contributed by atoms with van der Waals surface area (Å²) in [4.78, 5) is 126. The molecule has 4 N–H and O–H groups in total. The SMILES string of the molecule is CCC(C)C(C(CC(=O)N1CCC[C@H]1C(OC)C(C)C(=O)NC(C(=O)OCc1ccccc1)C(C)c1ccccc1)OC)N(C)C(=O)C(NC(=O)C(C(C)C)N(C)CCCC(=O)NNC(=O)CCCCCN1C(=O)C=CC1=O)C(C)C. The van der Waals surface area contributed by atoms with Crippen LogP contribution >= 0.6 is 0 Å². The largest absolute Gasteiger partial charge is 0.459 e. The van der Waals surface area contributed by atoms with Gasteiger partial charge in [0.2, 0.25) is 35.4 Å². The van der Waals surface area contributed by atoms with Crippen molar-refractivity contribution in [3.63, 3.8) is 0 Å². The zero-order valence-corrected chi connectivity index (χ0v) is 49.9. The molecular weight excluding hydrogens is 1040 g/mol. The van der Waals surface area contributed by atoms with E-state index in [2.05, 4.69) is 21.5 Å². The van der Waals surface area contributed by atoms with Crippen LogP contribution in [0.4, 0.5) is 0 Å². The predicted octanol–water partition coefficient (Wildman–Crippen LogP) is 5.45. The summed E-state index contributed by atoms with van der Waals surface area (Å²) in [5.74, 6) is -5.19. The Hall–Kier alpha value is -6.51. The molecular formula is C61H92N8O12. The van der Waals surface area contributed by atoms with Crippen molar-refractivity contribution in [2.24, 2.45) is 23.7 Å². The van der Waals surface area contributed by atoms with Gasteiger partial charge in [0.15, 0.2) is 0 Å². The highest BCUT2D eigenvalue weighted by Crippen LogP contribution is 2.31. The van der Waals surface area contributed by atoms with Crippen molar-refractivity contribution in [2.45, 2.75) is 175 Å². The normalized spacial score (nSPS) is 17.7. The number of esters is 1. The highest BCUT2D eigenvalue weighted by molar-refractivity contribution is 6.12. The van der Waals surface area contributed by atoms with Crippen LogP contribution in [0.5, 0.6) is 0 Å². The molecule has 2 aromatic rings. The summed E-state index contributed by atoms with van der Waals surface area (Å²) in [5.41, 5.74) is 6.53. The second kappa shape index (κ2) is 33.4. The van der Waals surface area contributed by atoms with Gasteiger partial charge in [-0.2, -0.15) is 0 Å². The Labute approximate surface area is 480 Å². The number of carbonyl (C=O) groups is 9. The number of hydrazine groups is 1. The first kappa shape index (κ1) is 67.0. The first-order valence-electron chi connectivity index (χ1n) is 28.9. The molecule has 20 nitrogen and oxygen atoms in total. The number of unbranched alkanes of at least 4 members (excludes halogenated alkanes) is 2. The molecule has 0 saturated carbocycles. The average molecular weight is 1130 g/mol. The van der Waals surface area contributed by atoms with Crippen LogP contribution < -0.4 is 21.5 Å². The lowest BCUT2D eigenvalue weighted by Crippen LogP contribution is -2.60. The second-order valence-corrected chi connectivity index (χ2v) is 22.4. The number of amides is 8. The molecule has 1 saturated heterocycles. The number of imide groups is 1. The summed E-state index contributed by atoms with van der Waals surface area (Å²) >= 11 is 0. The molecule has 0 radical (unpaired) electrons. The fraction of sp³-hybridized carbons (Fsp3) is 0.623. The second-order valence-electron chi connectivity index (χ2n) is 22.4. The lowest BCUT2D eigenvalue weighted by atomic mass is 9.89. The molecule has 20 heteroatoms. The van der Waals surface area contributed by atoms with Crippen molar-refractivity contribution in [3.05, 3.63) is 83.9 Å². The zero-order valence-electron chi connectivity index (χ0n) is 49.9. The first-order chi connectivity index (χ1) is 38.6. The van der Waals surface area contributed by atoms with Gasteiger partial charge < -0.3 is 34.6 Å². The smallest absolute Gasteiger partial charge is 0.329 e. The number of benzene rings is 2. The number of nitrogens with one attached hydrogen (secondary N) is 4. The van der Waals surface area contributed by atoms with Gasteiger partial charge in [-0.15, -0.1) is 0 Å². The van der Waals surface area contributed by atoms with Crippen molar-refractivity contribution >= 4 is 53.2 Å². The molecule has 0 aromatic heterocycles. The van der Waals surface area contributed by atoms with E-state index < -0.39 is 72.0 Å². The molecule has 8 amide bonds. The Balaban J connectivity index is 1.36. The van der Waals surface area contributed by atoms with Gasteiger partial charge in [0, 0.05) is 65.3 Å². The number of carbonyl (C=O) groups excluding carboxylic acids is 9. The number of ether oxygens (including phenoxy) is 3. The number of likely N-dealkylation sites (N-methyl/N-ethyl adjacent to an activating group) is 2. The molecule has 2 aromatic carbocycles. The van der Waals surface area contributed by atoms with E-state index in [0.717, 1.165) is 16.0 Å². The van der Waals surface area contributed by atoms with Crippen LogP contribution in [0.15, 0.2) is 72.8 Å². The van der Waals surface area contributed by atoms with E-state index in [1.165, 1.54) is 26.4 Å². The van der Waals surface area contributed by atoms with Crippen LogP contribution in [-0.2, 0) is 64.0 Å². The molecule has 0 aliphatic carbocycles. The zero-order chi connectivity index (χ0) is 59.9. The van der Waals surface area contributed by atoms with Gasteiger partial charge in [0.25, 0.3) is 11.8 Å². The van der Waals surface area contributed by atoms with E-state index in [1.807, 2.05) is 114 Å². The highest BCUT2D eigenvalue weighted by Gasteiger charge is 2.44. The average Bonchev–Trinajstić information content (AvgIpc) is 4.07. The minimum Gasteiger partial charge on any atom is -0.459 e. The topological polar surface area (TPSA) is 242 Å². The van der Waals surface area contributed by atoms with Gasteiger partial charge in [-0.1, -0.05) is 129 Å². The lowest BCUT2D eigenvalue weighted by Gasteiger charge is -2.41. The maximum atomic E-state index is 14.7. The third kappa shape index (κ3) is 19.6. The lowest BCUT2D eigenvalue weighted by molar-refractivity contribution is -0.151. The standard InChI is InChI=1S/C61H92N8O12/c1-13-41(6)56(67(10)60(77)53(39(2)3)62-59(76)55(40(4)5)66(9)34-24-31-49(71)65-64-48(70)30-21-16-22-35-69-50(72)32-33-51(69)73)47(79-11)37-52(74)68-36-23-29-46(68)57(80-12)43(8)58(75)63-54(42(7)45-27-19-15-20-28-45)61(78)81-38-44-25-17-14-18-26-44/h14-15,17-20,25-28,32-33,39-43,46-47,53-57H,13,16,21-24,29-31,34-38H2,1-12H3,(H,62,76)(H,63,75)(H,64,70)(H,65,71)/t41?,42?,43?,46-,47?,53?,54?,55?,56?,57?/m0/s1. The Morgan fingerprint density at radius 2 is 1.31 bits per heavy atom. The van der Waals surface area contributed by atoms with E-state index in [4.69, 9.17) is 14.2 Å². The summed E-state index contributed by atoms with van der Waals surface area (Å²) in [6.45, 7) is 16.3. The maximum absolute atomic E-state index is 14.7. The van der Waals surface area contributed by atoms with Crippen LogP contribution in [0.2, 0.25) is 0 Å². The molecule has 0 spiro atoms. The molecule has 0 bridgehead atoms. The summed E-state index contributed by atoms with van der Waals surface area (Å²) < 4.78 is 17.9. The monoisotopic (exact) mass is 1130 g/mol. The molecule has 9 unspecified atom stereocenters. The number of rotatable bonds is 33. The van der Waals surface area contributed by atoms with Crippen LogP contribution in [0.1, 0.15) is 137 Å². The first-order valence-corrected chi connectivity index (χ1v) is 28.9. The summed E-state index contributed by atoms with van der Waals surface area (Å²) in [5, 5.41) is 6.05. The molecule has 448 valence electrons. The highest BCUT2D eigenvalue weighted by atomic mass is 16.5. The van der Waals surface area contributed by atoms with Gasteiger partial charge in [-0.25, -0.2) is 4.79 Å². The van der Waals surface area contributed by atoms with E-state index in [9.17, 15) is 43.2 Å². The van der Waals surface area contributed by atoms with Gasteiger partial charge in [0.1, 0.15) is 18.7 Å². The fourth-order valence-electron chi connectivity index (χ4n) is 11.0. The van der Waals surface area contributed by atoms with Crippen LogP contribution in [0.3, 0.4) is 0 Å². The number of likely N-dealkylation sites (tertiary alicyclic amines) is 1. The summed E-state index contributed by atoms with van der Waals surface area (Å²) in [6.07, 6.45) is 5.13. The minimum atomic E-state index is -1.02. The third-order valence-corrected chi connectivity index (χ3v) is 15.9. The van der Waals surface area contributed by atoms with Crippen LogP contribution in [0, 0.1) is 23.7 Å². The molecule has 4 rings (SSSR count). The van der Waals surface area contributed by atoms with Crippen molar-refractivity contribution in [3.8, 4) is 0 Å². The minimum absolute atomic E-state index is 0.0402. The fourth-order valence-corrected chi connectivity index (χ4v) is 11.0. The molecule has 2 aliphatic rings. The van der Waals surface area contributed by atoms with Crippen molar-refractivity contribution < 1.29 is 57.4 Å². The maximum Gasteiger partial charge on any atom is 0.329 e. The predicted molar refractivity (Wildman–Crippen MR) is 307 cm³/mol. The number of hydrogen-bond donors (Lipinski definition) is 4. The number of methoxy groups -OCH3 is 2. The quantitative estimate of drug-likeness (QED) is 0.0301. The number of hydrogen-bond acceptors (Lipinski definition) is 13. The van der Waals surface area contributed by atoms with Gasteiger partial charge in [-0.05, 0) is 74.6 Å². The Kier molecular flexibility index (Phi) is 27.6. The summed E-state index contributed by atoms with van der Waals surface area (Å²) in [7, 11) is 6.51. The van der Waals surface area contributed by atoms with E-state index in [0.29, 0.717) is 58.0 Å². The van der Waals surface area contributed by atoms with Crippen molar-refractivity contribution in [1.29, 1.82) is 0 Å². The Morgan fingerprint density at radius 3 is 1.88 bits per heavy atom. The van der Waals surface area contributed by atoms with Crippen molar-refractivity contribution in [2.75, 3.05) is 47.9 Å². The van der Waals surface area contributed by atoms with Crippen LogP contribution in [-0.4, -0.2) is 163 Å².